The third kappa shape index (κ3) is 4.35. The summed E-state index contributed by atoms with van der Waals surface area (Å²) in [6.07, 6.45) is 1.69. The van der Waals surface area contributed by atoms with E-state index in [1.807, 2.05) is 37.3 Å². The van der Waals surface area contributed by atoms with E-state index in [9.17, 15) is 0 Å². The molecule has 0 fully saturated rings. The van der Waals surface area contributed by atoms with E-state index < -0.39 is 0 Å². The maximum Gasteiger partial charge on any atom is 0.233 e. The molecule has 0 saturated heterocycles. The second kappa shape index (κ2) is 7.65. The Kier molecular flexibility index (Phi) is 5.55. The summed E-state index contributed by atoms with van der Waals surface area (Å²) in [5, 5.41) is 11.4. The third-order valence-corrected chi connectivity index (χ3v) is 2.88. The molecule has 5 heteroatoms. The van der Waals surface area contributed by atoms with Crippen LogP contribution in [0.1, 0.15) is 38.1 Å². The molecule has 0 bridgehead atoms. The SMILES string of the molecule is CCCNC(C)c1nnc(CCOc2ccccc2)o1. The molecule has 1 heterocycles. The molecule has 0 amide bonds. The highest BCUT2D eigenvalue weighted by Crippen LogP contribution is 2.12. The summed E-state index contributed by atoms with van der Waals surface area (Å²) in [6.45, 7) is 5.62. The van der Waals surface area contributed by atoms with Crippen molar-refractivity contribution in [3.8, 4) is 5.75 Å². The quantitative estimate of drug-likeness (QED) is 0.802. The molecule has 2 aromatic rings. The number of nitrogens with zero attached hydrogens (tertiary/aromatic N) is 2. The molecule has 0 saturated carbocycles. The van der Waals surface area contributed by atoms with Gasteiger partial charge in [0.25, 0.3) is 0 Å². The Morgan fingerprint density at radius 1 is 1.25 bits per heavy atom. The monoisotopic (exact) mass is 275 g/mol. The molecule has 1 aromatic carbocycles. The molecule has 2 rings (SSSR count). The van der Waals surface area contributed by atoms with Crippen molar-refractivity contribution >= 4 is 0 Å². The van der Waals surface area contributed by atoms with Crippen molar-refractivity contribution < 1.29 is 9.15 Å². The van der Waals surface area contributed by atoms with Crippen LogP contribution in [-0.2, 0) is 6.42 Å². The molecule has 1 N–H and O–H groups in total. The van der Waals surface area contributed by atoms with E-state index in [-0.39, 0.29) is 6.04 Å². The second-order valence-electron chi connectivity index (χ2n) is 4.62. The number of hydrogen-bond acceptors (Lipinski definition) is 5. The van der Waals surface area contributed by atoms with Crippen LogP contribution in [0.5, 0.6) is 5.75 Å². The van der Waals surface area contributed by atoms with E-state index in [1.165, 1.54) is 0 Å². The maximum atomic E-state index is 5.62. The first-order chi connectivity index (χ1) is 9.79. The summed E-state index contributed by atoms with van der Waals surface area (Å²) in [5.41, 5.74) is 0. The van der Waals surface area contributed by atoms with Crippen molar-refractivity contribution in [2.75, 3.05) is 13.2 Å². The molecular weight excluding hydrogens is 254 g/mol. The van der Waals surface area contributed by atoms with Gasteiger partial charge < -0.3 is 14.5 Å². The van der Waals surface area contributed by atoms with Crippen molar-refractivity contribution in [1.82, 2.24) is 15.5 Å². The topological polar surface area (TPSA) is 60.2 Å². The lowest BCUT2D eigenvalue weighted by Crippen LogP contribution is -2.19. The number of nitrogens with one attached hydrogen (secondary N) is 1. The smallest absolute Gasteiger partial charge is 0.233 e. The highest BCUT2D eigenvalue weighted by Gasteiger charge is 2.12. The van der Waals surface area contributed by atoms with E-state index in [0.717, 1.165) is 18.7 Å². The van der Waals surface area contributed by atoms with Gasteiger partial charge in [0.1, 0.15) is 5.75 Å². The van der Waals surface area contributed by atoms with Crippen LogP contribution in [0.25, 0.3) is 0 Å². The van der Waals surface area contributed by atoms with Crippen LogP contribution in [0.4, 0.5) is 0 Å². The van der Waals surface area contributed by atoms with Gasteiger partial charge in [-0.15, -0.1) is 10.2 Å². The van der Waals surface area contributed by atoms with Gasteiger partial charge in [0.15, 0.2) is 0 Å². The van der Waals surface area contributed by atoms with Crippen LogP contribution in [-0.4, -0.2) is 23.3 Å². The van der Waals surface area contributed by atoms with Gasteiger partial charge in [-0.05, 0) is 32.0 Å². The Morgan fingerprint density at radius 2 is 2.05 bits per heavy atom. The number of benzene rings is 1. The van der Waals surface area contributed by atoms with E-state index in [0.29, 0.717) is 24.8 Å². The van der Waals surface area contributed by atoms with Crippen LogP contribution in [0.3, 0.4) is 0 Å². The van der Waals surface area contributed by atoms with Crippen LogP contribution in [0.15, 0.2) is 34.7 Å². The fourth-order valence-corrected chi connectivity index (χ4v) is 1.76. The van der Waals surface area contributed by atoms with Gasteiger partial charge in [0.2, 0.25) is 11.8 Å². The fourth-order valence-electron chi connectivity index (χ4n) is 1.76. The first-order valence-corrected chi connectivity index (χ1v) is 7.03. The van der Waals surface area contributed by atoms with Crippen LogP contribution >= 0.6 is 0 Å². The number of para-hydroxylation sites is 1. The predicted octanol–water partition coefficient (Wildman–Crippen LogP) is 2.75. The molecule has 0 aliphatic carbocycles. The van der Waals surface area contributed by atoms with Crippen molar-refractivity contribution in [1.29, 1.82) is 0 Å². The molecule has 0 radical (unpaired) electrons. The minimum atomic E-state index is 0.0891. The van der Waals surface area contributed by atoms with Crippen molar-refractivity contribution in [2.24, 2.45) is 0 Å². The molecular formula is C15H21N3O2. The molecule has 108 valence electrons. The van der Waals surface area contributed by atoms with Gasteiger partial charge in [0.05, 0.1) is 19.1 Å². The zero-order valence-electron chi connectivity index (χ0n) is 12.0. The minimum Gasteiger partial charge on any atom is -0.493 e. The summed E-state index contributed by atoms with van der Waals surface area (Å²) in [5.74, 6) is 2.10. The molecule has 0 aliphatic rings. The van der Waals surface area contributed by atoms with Crippen LogP contribution in [0, 0.1) is 0 Å². The van der Waals surface area contributed by atoms with Gasteiger partial charge in [-0.3, -0.25) is 0 Å². The van der Waals surface area contributed by atoms with Crippen molar-refractivity contribution in [3.05, 3.63) is 42.1 Å². The molecule has 0 aliphatic heterocycles. The molecule has 1 unspecified atom stereocenters. The average Bonchev–Trinajstić information content (AvgIpc) is 2.95. The standard InChI is InChI=1S/C15H21N3O2/c1-3-10-16-12(2)15-18-17-14(20-15)9-11-19-13-7-5-4-6-8-13/h4-8,12,16H,3,9-11H2,1-2H3. The molecule has 1 atom stereocenters. The maximum absolute atomic E-state index is 5.62. The highest BCUT2D eigenvalue weighted by atomic mass is 16.5. The number of ether oxygens (including phenoxy) is 1. The number of rotatable bonds is 8. The lowest BCUT2D eigenvalue weighted by molar-refractivity contribution is 0.300. The van der Waals surface area contributed by atoms with Gasteiger partial charge in [-0.1, -0.05) is 25.1 Å². The Bertz CT molecular complexity index is 499. The van der Waals surface area contributed by atoms with Gasteiger partial charge >= 0.3 is 0 Å². The van der Waals surface area contributed by atoms with Gasteiger partial charge in [0, 0.05) is 0 Å². The summed E-state index contributed by atoms with van der Waals surface area (Å²) in [7, 11) is 0. The predicted molar refractivity (Wildman–Crippen MR) is 76.6 cm³/mol. The second-order valence-corrected chi connectivity index (χ2v) is 4.62. The average molecular weight is 275 g/mol. The largest absolute Gasteiger partial charge is 0.493 e. The fraction of sp³-hybridized carbons (Fsp3) is 0.467. The van der Waals surface area contributed by atoms with Gasteiger partial charge in [-0.25, -0.2) is 0 Å². The molecule has 1 aromatic heterocycles. The van der Waals surface area contributed by atoms with Gasteiger partial charge in [-0.2, -0.15) is 0 Å². The van der Waals surface area contributed by atoms with Crippen LogP contribution in [0.2, 0.25) is 0 Å². The summed E-state index contributed by atoms with van der Waals surface area (Å²) in [6, 6.07) is 9.79. The van der Waals surface area contributed by atoms with E-state index in [2.05, 4.69) is 22.4 Å². The number of hydrogen-bond donors (Lipinski definition) is 1. The van der Waals surface area contributed by atoms with Crippen LogP contribution < -0.4 is 10.1 Å². The normalized spacial score (nSPS) is 12.3. The Labute approximate surface area is 119 Å². The lowest BCUT2D eigenvalue weighted by Gasteiger charge is -2.07. The zero-order valence-corrected chi connectivity index (χ0v) is 12.0. The van der Waals surface area contributed by atoms with E-state index >= 15 is 0 Å². The number of aromatic nitrogens is 2. The summed E-state index contributed by atoms with van der Waals surface area (Å²) < 4.78 is 11.2. The van der Waals surface area contributed by atoms with Crippen molar-refractivity contribution in [3.63, 3.8) is 0 Å². The Morgan fingerprint density at radius 3 is 2.80 bits per heavy atom. The molecule has 20 heavy (non-hydrogen) atoms. The third-order valence-electron chi connectivity index (χ3n) is 2.88. The van der Waals surface area contributed by atoms with E-state index in [1.54, 1.807) is 0 Å². The first-order valence-electron chi connectivity index (χ1n) is 7.03. The summed E-state index contributed by atoms with van der Waals surface area (Å²) in [4.78, 5) is 0. The van der Waals surface area contributed by atoms with Crippen molar-refractivity contribution in [2.45, 2.75) is 32.7 Å². The zero-order chi connectivity index (χ0) is 14.2. The first kappa shape index (κ1) is 14.5. The molecule has 0 spiro atoms. The minimum absolute atomic E-state index is 0.0891. The Hall–Kier alpha value is -1.88. The molecule has 5 nitrogen and oxygen atoms in total. The Balaban J connectivity index is 1.78. The highest BCUT2D eigenvalue weighted by molar-refractivity contribution is 5.20. The van der Waals surface area contributed by atoms with E-state index in [4.69, 9.17) is 9.15 Å². The summed E-state index contributed by atoms with van der Waals surface area (Å²) >= 11 is 0. The lowest BCUT2D eigenvalue weighted by atomic mass is 10.3.